The molecule has 1 aliphatic heterocycles. The molecule has 1 amide bonds. The first-order valence-electron chi connectivity index (χ1n) is 6.70. The molecule has 7 heteroatoms. The molecule has 1 aliphatic carbocycles. The third kappa shape index (κ3) is 2.19. The van der Waals surface area contributed by atoms with E-state index in [4.69, 9.17) is 0 Å². The summed E-state index contributed by atoms with van der Waals surface area (Å²) in [6, 6.07) is 0.376. The summed E-state index contributed by atoms with van der Waals surface area (Å²) in [7, 11) is 0. The van der Waals surface area contributed by atoms with Gasteiger partial charge in [-0.2, -0.15) is 0 Å². The van der Waals surface area contributed by atoms with E-state index < -0.39 is 40.8 Å². The van der Waals surface area contributed by atoms with E-state index in [1.165, 1.54) is 4.90 Å². The Morgan fingerprint density at radius 1 is 1.10 bits per heavy atom. The smallest absolute Gasteiger partial charge is 0.257 e. The van der Waals surface area contributed by atoms with Crippen LogP contribution in [0.5, 0.6) is 0 Å². The Morgan fingerprint density at radius 2 is 1.81 bits per heavy atom. The highest BCUT2D eigenvalue weighted by atomic mass is 19.2. The van der Waals surface area contributed by atoms with Crippen LogP contribution in [0.4, 0.5) is 17.6 Å². The number of aliphatic hydroxyl groups excluding tert-OH is 1. The Bertz CT molecular complexity index is 607. The number of likely N-dealkylation sites (tertiary alicyclic amines) is 1. The van der Waals surface area contributed by atoms with Gasteiger partial charge in [0.05, 0.1) is 11.7 Å². The molecule has 0 bridgehead atoms. The Kier molecular flexibility index (Phi) is 3.39. The van der Waals surface area contributed by atoms with Crippen LogP contribution in [0.25, 0.3) is 0 Å². The number of fused-ring (bicyclic) bond motifs is 1. The van der Waals surface area contributed by atoms with Crippen LogP contribution < -0.4 is 0 Å². The average molecular weight is 303 g/mol. The summed E-state index contributed by atoms with van der Waals surface area (Å²) in [5.74, 6) is -8.06. The van der Waals surface area contributed by atoms with Crippen LogP contribution in [0.15, 0.2) is 6.07 Å². The quantitative estimate of drug-likeness (QED) is 0.490. The predicted octanol–water partition coefficient (Wildman–Crippen LogP) is 2.09. The molecule has 1 heterocycles. The molecule has 1 N–H and O–H groups in total. The van der Waals surface area contributed by atoms with Crippen molar-refractivity contribution >= 4 is 5.91 Å². The van der Waals surface area contributed by atoms with Crippen molar-refractivity contribution in [3.8, 4) is 0 Å². The third-order valence-corrected chi connectivity index (χ3v) is 4.44. The number of aliphatic hydroxyl groups is 1. The Morgan fingerprint density at radius 3 is 2.48 bits per heavy atom. The largest absolute Gasteiger partial charge is 0.393 e. The van der Waals surface area contributed by atoms with Crippen LogP contribution in [-0.2, 0) is 0 Å². The van der Waals surface area contributed by atoms with Crippen molar-refractivity contribution in [1.29, 1.82) is 0 Å². The van der Waals surface area contributed by atoms with Gasteiger partial charge in [-0.15, -0.1) is 0 Å². The van der Waals surface area contributed by atoms with Gasteiger partial charge in [0, 0.05) is 19.0 Å². The van der Waals surface area contributed by atoms with Crippen molar-refractivity contribution in [3.05, 3.63) is 34.9 Å². The van der Waals surface area contributed by atoms with Crippen LogP contribution in [0.2, 0.25) is 0 Å². The van der Waals surface area contributed by atoms with Gasteiger partial charge in [0.15, 0.2) is 23.3 Å². The molecule has 3 unspecified atom stereocenters. The number of benzene rings is 1. The molecule has 114 valence electrons. The highest BCUT2D eigenvalue weighted by molar-refractivity contribution is 5.94. The fourth-order valence-corrected chi connectivity index (χ4v) is 3.30. The topological polar surface area (TPSA) is 40.5 Å². The molecule has 3 rings (SSSR count). The zero-order valence-electron chi connectivity index (χ0n) is 11.0. The van der Waals surface area contributed by atoms with E-state index in [2.05, 4.69) is 0 Å². The van der Waals surface area contributed by atoms with Crippen LogP contribution in [0.1, 0.15) is 23.2 Å². The van der Waals surface area contributed by atoms with Gasteiger partial charge in [-0.1, -0.05) is 0 Å². The number of hydrogen-bond donors (Lipinski definition) is 1. The van der Waals surface area contributed by atoms with Crippen molar-refractivity contribution in [2.24, 2.45) is 11.8 Å². The molecule has 21 heavy (non-hydrogen) atoms. The molecule has 3 atom stereocenters. The second-order valence-electron chi connectivity index (χ2n) is 5.63. The van der Waals surface area contributed by atoms with E-state index in [-0.39, 0.29) is 18.4 Å². The molecule has 0 radical (unpaired) electrons. The van der Waals surface area contributed by atoms with Crippen LogP contribution in [-0.4, -0.2) is 35.1 Å². The van der Waals surface area contributed by atoms with E-state index in [9.17, 15) is 27.5 Å². The normalized spacial score (nSPS) is 28.0. The summed E-state index contributed by atoms with van der Waals surface area (Å²) in [5, 5.41) is 9.77. The maximum absolute atomic E-state index is 13.6. The van der Waals surface area contributed by atoms with Crippen molar-refractivity contribution in [3.63, 3.8) is 0 Å². The minimum absolute atomic E-state index is 0.0906. The summed E-state index contributed by atoms with van der Waals surface area (Å²) >= 11 is 0. The van der Waals surface area contributed by atoms with Gasteiger partial charge in [0.2, 0.25) is 0 Å². The Balaban J connectivity index is 1.87. The van der Waals surface area contributed by atoms with Crippen molar-refractivity contribution in [2.75, 3.05) is 13.1 Å². The SMILES string of the molecule is O=C(c1cc(F)c(F)c(F)c1F)N1CC2CCC(O)C2C1. The molecule has 2 aliphatic rings. The first-order chi connectivity index (χ1) is 9.90. The van der Waals surface area contributed by atoms with Crippen molar-refractivity contribution in [2.45, 2.75) is 18.9 Å². The average Bonchev–Trinajstić information content (AvgIpc) is 3.02. The molecule has 0 spiro atoms. The Labute approximate surface area is 118 Å². The lowest BCUT2D eigenvalue weighted by Crippen LogP contribution is -2.32. The first-order valence-corrected chi connectivity index (χ1v) is 6.70. The lowest BCUT2D eigenvalue weighted by Gasteiger charge is -2.19. The van der Waals surface area contributed by atoms with E-state index in [0.717, 1.165) is 6.42 Å². The maximum atomic E-state index is 13.6. The summed E-state index contributed by atoms with van der Waals surface area (Å²) < 4.78 is 52.9. The van der Waals surface area contributed by atoms with Crippen LogP contribution >= 0.6 is 0 Å². The molecule has 0 aromatic heterocycles. The third-order valence-electron chi connectivity index (χ3n) is 4.44. The zero-order chi connectivity index (χ0) is 15.3. The number of amides is 1. The van der Waals surface area contributed by atoms with Gasteiger partial charge in [-0.05, 0) is 24.8 Å². The van der Waals surface area contributed by atoms with Crippen molar-refractivity contribution in [1.82, 2.24) is 4.90 Å². The van der Waals surface area contributed by atoms with Gasteiger partial charge in [0.1, 0.15) is 0 Å². The van der Waals surface area contributed by atoms with Gasteiger partial charge >= 0.3 is 0 Å². The van der Waals surface area contributed by atoms with E-state index in [1.807, 2.05) is 0 Å². The molecule has 2 fully saturated rings. The van der Waals surface area contributed by atoms with Gasteiger partial charge < -0.3 is 10.0 Å². The number of nitrogens with zero attached hydrogens (tertiary/aromatic N) is 1. The minimum Gasteiger partial charge on any atom is -0.393 e. The van der Waals surface area contributed by atoms with E-state index in [1.54, 1.807) is 0 Å². The standard InChI is InChI=1S/C14H13F4NO2/c15-9-3-7(11(16)13(18)12(9)17)14(21)19-4-6-1-2-10(20)8(6)5-19/h3,6,8,10,20H,1-2,4-5H2. The molecule has 1 aromatic rings. The highest BCUT2D eigenvalue weighted by Crippen LogP contribution is 2.38. The van der Waals surface area contributed by atoms with Gasteiger partial charge in [-0.25, -0.2) is 17.6 Å². The number of carbonyl (C=O) groups is 1. The number of rotatable bonds is 1. The summed E-state index contributed by atoms with van der Waals surface area (Å²) in [6.07, 6.45) is 0.898. The Hall–Kier alpha value is -1.63. The van der Waals surface area contributed by atoms with Crippen LogP contribution in [0, 0.1) is 35.1 Å². The highest BCUT2D eigenvalue weighted by Gasteiger charge is 2.44. The molecule has 1 aromatic carbocycles. The summed E-state index contributed by atoms with van der Waals surface area (Å²) in [5.41, 5.74) is -0.819. The zero-order valence-corrected chi connectivity index (χ0v) is 11.0. The monoisotopic (exact) mass is 303 g/mol. The molecular formula is C14H13F4NO2. The van der Waals surface area contributed by atoms with E-state index >= 15 is 0 Å². The molecule has 1 saturated heterocycles. The number of hydrogen-bond acceptors (Lipinski definition) is 2. The summed E-state index contributed by atoms with van der Waals surface area (Å²) in [4.78, 5) is 13.4. The lowest BCUT2D eigenvalue weighted by atomic mass is 10.00. The second-order valence-corrected chi connectivity index (χ2v) is 5.63. The van der Waals surface area contributed by atoms with Crippen molar-refractivity contribution < 1.29 is 27.5 Å². The van der Waals surface area contributed by atoms with Gasteiger partial charge in [-0.3, -0.25) is 4.79 Å². The maximum Gasteiger partial charge on any atom is 0.257 e. The summed E-state index contributed by atoms with van der Waals surface area (Å²) in [6.45, 7) is 0.519. The fourth-order valence-electron chi connectivity index (χ4n) is 3.30. The fraction of sp³-hybridized carbons (Fsp3) is 0.500. The lowest BCUT2D eigenvalue weighted by molar-refractivity contribution is 0.0745. The molecule has 1 saturated carbocycles. The predicted molar refractivity (Wildman–Crippen MR) is 64.4 cm³/mol. The first kappa shape index (κ1) is 14.3. The van der Waals surface area contributed by atoms with Gasteiger partial charge in [0.25, 0.3) is 5.91 Å². The molecule has 3 nitrogen and oxygen atoms in total. The van der Waals surface area contributed by atoms with Crippen LogP contribution in [0.3, 0.4) is 0 Å². The number of halogens is 4. The second kappa shape index (κ2) is 4.98. The molecular weight excluding hydrogens is 290 g/mol. The number of carbonyl (C=O) groups excluding carboxylic acids is 1. The van der Waals surface area contributed by atoms with E-state index in [0.29, 0.717) is 19.0 Å². The minimum atomic E-state index is -1.99.